The average Bonchev–Trinajstić information content (AvgIpc) is 2.78. The summed E-state index contributed by atoms with van der Waals surface area (Å²) >= 11 is 0. The Morgan fingerprint density at radius 1 is 1.17 bits per heavy atom. The Bertz CT molecular complexity index is 1110. The van der Waals surface area contributed by atoms with Gasteiger partial charge in [0.05, 0.1) is 18.0 Å². The third kappa shape index (κ3) is 4.58. The van der Waals surface area contributed by atoms with E-state index in [1.807, 2.05) is 13.0 Å². The Kier molecular flexibility index (Phi) is 6.75. The second-order valence-corrected chi connectivity index (χ2v) is 9.05. The van der Waals surface area contributed by atoms with Crippen LogP contribution < -0.4 is 0 Å². The molecule has 0 spiro atoms. The number of amides is 2. The minimum absolute atomic E-state index is 0.111. The number of benzene rings is 1. The number of carboxylic acid groups (broad SMARTS) is 1. The van der Waals surface area contributed by atoms with Crippen molar-refractivity contribution in [1.82, 2.24) is 9.80 Å². The molecule has 1 aromatic rings. The maximum absolute atomic E-state index is 13.8. The fraction of sp³-hybridized carbons (Fsp3) is 0.480. The van der Waals surface area contributed by atoms with E-state index in [0.717, 1.165) is 18.1 Å². The molecule has 6 nitrogen and oxygen atoms in total. The summed E-state index contributed by atoms with van der Waals surface area (Å²) in [5, 5.41) is 8.98. The molecule has 35 heavy (non-hydrogen) atoms. The van der Waals surface area contributed by atoms with Crippen LogP contribution in [0.25, 0.3) is 0 Å². The molecule has 0 radical (unpaired) electrons. The van der Waals surface area contributed by atoms with E-state index in [1.165, 1.54) is 4.90 Å². The highest BCUT2D eigenvalue weighted by Gasteiger charge is 2.51. The Labute approximate surface area is 199 Å². The Balaban J connectivity index is 1.73. The maximum atomic E-state index is 13.8. The summed E-state index contributed by atoms with van der Waals surface area (Å²) in [7, 11) is 0. The van der Waals surface area contributed by atoms with Gasteiger partial charge in [0.1, 0.15) is 5.82 Å². The summed E-state index contributed by atoms with van der Waals surface area (Å²) in [6.07, 6.45) is 0.900. The SMILES string of the molecule is CCN(C(=O)CCC(=O)O)C1C2=C(C=CCC2)N(C(=O)c2ccc(F)c(C(F)(F)F)c2)C2CCC12. The smallest absolute Gasteiger partial charge is 0.419 e. The molecule has 0 aromatic heterocycles. The summed E-state index contributed by atoms with van der Waals surface area (Å²) in [4.78, 5) is 40.6. The molecule has 0 bridgehead atoms. The van der Waals surface area contributed by atoms with Crippen molar-refractivity contribution in [2.24, 2.45) is 5.92 Å². The number of rotatable bonds is 6. The number of carbonyl (C=O) groups is 3. The van der Waals surface area contributed by atoms with Gasteiger partial charge in [0.15, 0.2) is 0 Å². The zero-order valence-corrected chi connectivity index (χ0v) is 19.1. The van der Waals surface area contributed by atoms with E-state index in [-0.39, 0.29) is 42.3 Å². The van der Waals surface area contributed by atoms with Gasteiger partial charge in [-0.1, -0.05) is 6.08 Å². The molecular formula is C25H26F4N2O4. The average molecular weight is 494 g/mol. The van der Waals surface area contributed by atoms with E-state index < -0.39 is 29.4 Å². The molecular weight excluding hydrogens is 468 g/mol. The number of aliphatic carboxylic acids is 1. The van der Waals surface area contributed by atoms with E-state index in [0.29, 0.717) is 43.6 Å². The molecule has 2 aliphatic carbocycles. The molecule has 1 aromatic carbocycles. The van der Waals surface area contributed by atoms with E-state index in [9.17, 15) is 31.9 Å². The number of carbonyl (C=O) groups excluding carboxylic acids is 2. The van der Waals surface area contributed by atoms with Crippen molar-refractivity contribution in [2.75, 3.05) is 6.54 Å². The van der Waals surface area contributed by atoms with Gasteiger partial charge in [-0.15, -0.1) is 0 Å². The van der Waals surface area contributed by atoms with Gasteiger partial charge in [0.2, 0.25) is 5.91 Å². The van der Waals surface area contributed by atoms with E-state index in [2.05, 4.69) is 0 Å². The molecule has 3 atom stereocenters. The van der Waals surface area contributed by atoms with Gasteiger partial charge in [0.25, 0.3) is 5.91 Å². The maximum Gasteiger partial charge on any atom is 0.419 e. The summed E-state index contributed by atoms with van der Waals surface area (Å²) in [5.74, 6) is -3.52. The lowest BCUT2D eigenvalue weighted by atomic mass is 9.66. The van der Waals surface area contributed by atoms with E-state index >= 15 is 0 Å². The fourth-order valence-electron chi connectivity index (χ4n) is 5.42. The van der Waals surface area contributed by atoms with E-state index in [1.54, 1.807) is 11.0 Å². The molecule has 188 valence electrons. The van der Waals surface area contributed by atoms with Gasteiger partial charge in [-0.2, -0.15) is 13.2 Å². The van der Waals surface area contributed by atoms with Crippen LogP contribution in [-0.4, -0.2) is 51.3 Å². The molecule has 1 aliphatic heterocycles. The van der Waals surface area contributed by atoms with Crippen LogP contribution in [0.15, 0.2) is 41.6 Å². The van der Waals surface area contributed by atoms with Crippen molar-refractivity contribution in [3.63, 3.8) is 0 Å². The number of carboxylic acids is 1. The van der Waals surface area contributed by atoms with Gasteiger partial charge in [-0.25, -0.2) is 4.39 Å². The Morgan fingerprint density at radius 3 is 2.51 bits per heavy atom. The first kappa shape index (κ1) is 24.9. The van der Waals surface area contributed by atoms with Crippen molar-refractivity contribution in [1.29, 1.82) is 0 Å². The molecule has 3 unspecified atom stereocenters. The minimum Gasteiger partial charge on any atom is -0.481 e. The second kappa shape index (κ2) is 9.47. The molecule has 10 heteroatoms. The lowest BCUT2D eigenvalue weighted by molar-refractivity contribution is -0.142. The van der Waals surface area contributed by atoms with Crippen molar-refractivity contribution in [2.45, 2.75) is 63.7 Å². The molecule has 3 aliphatic rings. The summed E-state index contributed by atoms with van der Waals surface area (Å²) in [5.41, 5.74) is -0.323. The first-order chi connectivity index (χ1) is 16.5. The number of halogens is 4. The Morgan fingerprint density at radius 2 is 1.91 bits per heavy atom. The predicted octanol–water partition coefficient (Wildman–Crippen LogP) is 4.76. The van der Waals surface area contributed by atoms with Crippen molar-refractivity contribution >= 4 is 17.8 Å². The topological polar surface area (TPSA) is 77.9 Å². The monoisotopic (exact) mass is 494 g/mol. The van der Waals surface area contributed by atoms with Crippen molar-refractivity contribution < 1.29 is 37.1 Å². The zero-order valence-electron chi connectivity index (χ0n) is 19.1. The van der Waals surface area contributed by atoms with Gasteiger partial charge < -0.3 is 14.9 Å². The largest absolute Gasteiger partial charge is 0.481 e. The molecule has 2 amide bonds. The standard InChI is InChI=1S/C25H26F4N2O4/c1-2-30(21(32)11-12-22(33)34)23-15-5-3-4-6-19(15)31(20-10-8-16(20)23)24(35)14-7-9-18(26)17(13-14)25(27,28)29/h4,6-7,9,13,16,20,23H,2-3,5,8,10-12H2,1H3,(H,33,34). The molecule has 1 N–H and O–H groups in total. The number of likely N-dealkylation sites (N-methyl/N-ethyl adjacent to an activating group) is 1. The van der Waals surface area contributed by atoms with Crippen LogP contribution in [0.5, 0.6) is 0 Å². The third-order valence-electron chi connectivity index (χ3n) is 7.12. The first-order valence-corrected chi connectivity index (χ1v) is 11.7. The van der Waals surface area contributed by atoms with Crippen LogP contribution in [0.3, 0.4) is 0 Å². The second-order valence-electron chi connectivity index (χ2n) is 9.05. The van der Waals surface area contributed by atoms with Gasteiger partial charge in [0, 0.05) is 36.2 Å². The van der Waals surface area contributed by atoms with E-state index in [4.69, 9.17) is 5.11 Å². The molecule has 4 rings (SSSR count). The van der Waals surface area contributed by atoms with Crippen LogP contribution in [-0.2, 0) is 15.8 Å². The molecule has 1 heterocycles. The Hall–Kier alpha value is -3.17. The number of fused-ring (bicyclic) bond motifs is 1. The quantitative estimate of drug-likeness (QED) is 0.579. The lowest BCUT2D eigenvalue weighted by Gasteiger charge is -2.56. The summed E-state index contributed by atoms with van der Waals surface area (Å²) < 4.78 is 53.6. The summed E-state index contributed by atoms with van der Waals surface area (Å²) in [6.45, 7) is 2.19. The molecule has 0 saturated heterocycles. The highest BCUT2D eigenvalue weighted by molar-refractivity contribution is 5.96. The minimum atomic E-state index is -4.93. The number of hydrogen-bond acceptors (Lipinski definition) is 3. The fourth-order valence-corrected chi connectivity index (χ4v) is 5.42. The van der Waals surface area contributed by atoms with Gasteiger partial charge in [-0.05, 0) is 62.5 Å². The molecule has 1 saturated carbocycles. The highest BCUT2D eigenvalue weighted by Crippen LogP contribution is 2.49. The zero-order chi connectivity index (χ0) is 25.5. The van der Waals surface area contributed by atoms with Crippen LogP contribution in [0.2, 0.25) is 0 Å². The normalized spacial score (nSPS) is 23.3. The number of allylic oxidation sites excluding steroid dienone is 2. The number of nitrogens with zero attached hydrogens (tertiary/aromatic N) is 2. The third-order valence-corrected chi connectivity index (χ3v) is 7.12. The van der Waals surface area contributed by atoms with Crippen LogP contribution in [0.4, 0.5) is 17.6 Å². The summed E-state index contributed by atoms with van der Waals surface area (Å²) in [6, 6.07) is 1.65. The highest BCUT2D eigenvalue weighted by atomic mass is 19.4. The lowest BCUT2D eigenvalue weighted by Crippen LogP contribution is -2.62. The van der Waals surface area contributed by atoms with Gasteiger partial charge in [-0.3, -0.25) is 14.4 Å². The van der Waals surface area contributed by atoms with Crippen LogP contribution in [0, 0.1) is 11.7 Å². The first-order valence-electron chi connectivity index (χ1n) is 11.7. The van der Waals surface area contributed by atoms with Crippen molar-refractivity contribution in [3.05, 3.63) is 58.6 Å². The van der Waals surface area contributed by atoms with Crippen molar-refractivity contribution in [3.8, 4) is 0 Å². The van der Waals surface area contributed by atoms with Gasteiger partial charge >= 0.3 is 12.1 Å². The predicted molar refractivity (Wildman–Crippen MR) is 118 cm³/mol. The van der Waals surface area contributed by atoms with Crippen LogP contribution in [0.1, 0.15) is 61.4 Å². The molecule has 1 fully saturated rings. The number of alkyl halides is 3. The van der Waals surface area contributed by atoms with Crippen LogP contribution >= 0.6 is 0 Å². The number of hydrogen-bond donors (Lipinski definition) is 1.